The van der Waals surface area contributed by atoms with Gasteiger partial charge < -0.3 is 4.74 Å². The number of rotatable bonds is 1. The Morgan fingerprint density at radius 2 is 2.00 bits per heavy atom. The highest BCUT2D eigenvalue weighted by Crippen LogP contribution is 2.20. The van der Waals surface area contributed by atoms with Crippen molar-refractivity contribution in [3.05, 3.63) is 36.0 Å². The van der Waals surface area contributed by atoms with Crippen LogP contribution in [0.15, 0.2) is 30.5 Å². The number of benzene rings is 1. The van der Waals surface area contributed by atoms with Gasteiger partial charge in [0.25, 0.3) is 0 Å². The fourth-order valence-corrected chi connectivity index (χ4v) is 1.66. The molecule has 1 heterocycles. The van der Waals surface area contributed by atoms with Crippen molar-refractivity contribution >= 4 is 10.9 Å². The number of ether oxygens (including phenoxy) is 1. The summed E-state index contributed by atoms with van der Waals surface area (Å²) in [5, 5.41) is 1.24. The van der Waals surface area contributed by atoms with Crippen LogP contribution in [0.1, 0.15) is 5.56 Å². The first-order valence-corrected chi connectivity index (χ1v) is 4.65. The Hall–Kier alpha value is -1.57. The van der Waals surface area contributed by atoms with E-state index in [1.54, 1.807) is 7.11 Å². The number of fused-ring (bicyclic) bond motifs is 1. The topological polar surface area (TPSA) is 13.1 Å². The molecule has 0 aliphatic carbocycles. The SMILES string of the molecule is COc1ccc2c(c1)c(C)cc[n+]2C. The van der Waals surface area contributed by atoms with Crippen LogP contribution in [0.5, 0.6) is 5.75 Å². The summed E-state index contributed by atoms with van der Waals surface area (Å²) in [5.41, 5.74) is 2.50. The van der Waals surface area contributed by atoms with E-state index in [1.165, 1.54) is 16.5 Å². The number of hydrogen-bond donors (Lipinski definition) is 0. The highest BCUT2D eigenvalue weighted by Gasteiger charge is 2.07. The number of pyridine rings is 1. The van der Waals surface area contributed by atoms with Gasteiger partial charge in [-0.15, -0.1) is 0 Å². The summed E-state index contributed by atoms with van der Waals surface area (Å²) < 4.78 is 7.32. The summed E-state index contributed by atoms with van der Waals surface area (Å²) >= 11 is 0. The second-order valence-electron chi connectivity index (χ2n) is 3.49. The van der Waals surface area contributed by atoms with E-state index in [2.05, 4.69) is 35.9 Å². The number of aromatic nitrogens is 1. The minimum Gasteiger partial charge on any atom is -0.497 e. The van der Waals surface area contributed by atoms with Gasteiger partial charge in [0.1, 0.15) is 12.8 Å². The summed E-state index contributed by atoms with van der Waals surface area (Å²) in [4.78, 5) is 0. The molecule has 0 radical (unpaired) electrons. The van der Waals surface area contributed by atoms with Crippen LogP contribution in [0.2, 0.25) is 0 Å². The van der Waals surface area contributed by atoms with Gasteiger partial charge in [0.2, 0.25) is 5.52 Å². The lowest BCUT2D eigenvalue weighted by molar-refractivity contribution is -0.644. The number of hydrogen-bond acceptors (Lipinski definition) is 1. The minimum absolute atomic E-state index is 0.909. The smallest absolute Gasteiger partial charge is 0.212 e. The Balaban J connectivity index is 2.80. The Morgan fingerprint density at radius 1 is 1.21 bits per heavy atom. The lowest BCUT2D eigenvalue weighted by Crippen LogP contribution is -2.28. The normalized spacial score (nSPS) is 10.5. The maximum Gasteiger partial charge on any atom is 0.212 e. The number of methoxy groups -OCH3 is 1. The van der Waals surface area contributed by atoms with E-state index in [4.69, 9.17) is 4.74 Å². The third kappa shape index (κ3) is 1.33. The van der Waals surface area contributed by atoms with Crippen LogP contribution in [0.25, 0.3) is 10.9 Å². The van der Waals surface area contributed by atoms with Crippen molar-refractivity contribution in [2.75, 3.05) is 7.11 Å². The molecule has 72 valence electrons. The largest absolute Gasteiger partial charge is 0.497 e. The van der Waals surface area contributed by atoms with Crippen LogP contribution in [0.4, 0.5) is 0 Å². The lowest BCUT2D eigenvalue weighted by Gasteiger charge is -2.03. The standard InChI is InChI=1S/C12H14NO/c1-9-6-7-13(2)12-5-4-10(14-3)8-11(9)12/h4-8H,1-3H3/q+1. The fraction of sp³-hybridized carbons (Fsp3) is 0.250. The molecule has 2 rings (SSSR count). The Kier molecular flexibility index (Phi) is 2.12. The second-order valence-corrected chi connectivity index (χ2v) is 3.49. The molecular weight excluding hydrogens is 174 g/mol. The molecular formula is C12H14NO+. The van der Waals surface area contributed by atoms with Gasteiger partial charge in [-0.25, -0.2) is 4.57 Å². The molecule has 0 amide bonds. The third-order valence-corrected chi connectivity index (χ3v) is 2.56. The average molecular weight is 188 g/mol. The highest BCUT2D eigenvalue weighted by atomic mass is 16.5. The van der Waals surface area contributed by atoms with Gasteiger partial charge in [-0.3, -0.25) is 0 Å². The number of nitrogens with zero attached hydrogens (tertiary/aromatic N) is 1. The molecule has 0 aliphatic rings. The van der Waals surface area contributed by atoms with Crippen molar-refractivity contribution < 1.29 is 9.30 Å². The quantitative estimate of drug-likeness (QED) is 0.624. The first kappa shape index (κ1) is 9.00. The summed E-state index contributed by atoms with van der Waals surface area (Å²) in [7, 11) is 3.74. The van der Waals surface area contributed by atoms with Gasteiger partial charge in [0.15, 0.2) is 6.20 Å². The van der Waals surface area contributed by atoms with E-state index in [1.807, 2.05) is 13.1 Å². The molecule has 1 aromatic carbocycles. The van der Waals surface area contributed by atoms with Crippen LogP contribution in [0, 0.1) is 6.92 Å². The maximum atomic E-state index is 5.21. The molecule has 0 aliphatic heterocycles. The zero-order chi connectivity index (χ0) is 10.1. The monoisotopic (exact) mass is 188 g/mol. The molecule has 0 bridgehead atoms. The van der Waals surface area contributed by atoms with Crippen molar-refractivity contribution in [3.8, 4) is 5.75 Å². The van der Waals surface area contributed by atoms with Crippen LogP contribution in [-0.2, 0) is 7.05 Å². The van der Waals surface area contributed by atoms with E-state index >= 15 is 0 Å². The fourth-order valence-electron chi connectivity index (χ4n) is 1.66. The summed E-state index contributed by atoms with van der Waals surface area (Å²) in [6.45, 7) is 2.11. The van der Waals surface area contributed by atoms with Crippen LogP contribution >= 0.6 is 0 Å². The highest BCUT2D eigenvalue weighted by molar-refractivity contribution is 5.80. The molecule has 0 atom stereocenters. The molecule has 0 spiro atoms. The molecule has 0 unspecified atom stereocenters. The first-order valence-electron chi connectivity index (χ1n) is 4.65. The van der Waals surface area contributed by atoms with E-state index in [0.717, 1.165) is 5.75 Å². The minimum atomic E-state index is 0.909. The second kappa shape index (κ2) is 3.29. The molecule has 14 heavy (non-hydrogen) atoms. The first-order chi connectivity index (χ1) is 6.72. The molecule has 0 fully saturated rings. The van der Waals surface area contributed by atoms with Crippen molar-refractivity contribution in [1.82, 2.24) is 0 Å². The Labute approximate surface area is 83.8 Å². The molecule has 2 nitrogen and oxygen atoms in total. The third-order valence-electron chi connectivity index (χ3n) is 2.56. The van der Waals surface area contributed by atoms with Gasteiger partial charge in [0, 0.05) is 12.1 Å². The maximum absolute atomic E-state index is 5.21. The molecule has 0 saturated carbocycles. The predicted molar refractivity (Wildman–Crippen MR) is 56.4 cm³/mol. The molecule has 1 aromatic heterocycles. The van der Waals surface area contributed by atoms with Gasteiger partial charge in [-0.2, -0.15) is 0 Å². The van der Waals surface area contributed by atoms with Gasteiger partial charge in [-0.05, 0) is 24.6 Å². The van der Waals surface area contributed by atoms with Crippen LogP contribution in [0.3, 0.4) is 0 Å². The van der Waals surface area contributed by atoms with Gasteiger partial charge in [-0.1, -0.05) is 0 Å². The predicted octanol–water partition coefficient (Wildman–Crippen LogP) is 1.98. The summed E-state index contributed by atoms with van der Waals surface area (Å²) in [5.74, 6) is 0.909. The van der Waals surface area contributed by atoms with Crippen molar-refractivity contribution in [1.29, 1.82) is 0 Å². The molecule has 2 aromatic rings. The Morgan fingerprint density at radius 3 is 2.71 bits per heavy atom. The van der Waals surface area contributed by atoms with Crippen molar-refractivity contribution in [3.63, 3.8) is 0 Å². The zero-order valence-electron chi connectivity index (χ0n) is 8.74. The van der Waals surface area contributed by atoms with Crippen LogP contribution in [-0.4, -0.2) is 7.11 Å². The molecule has 0 N–H and O–H groups in total. The van der Waals surface area contributed by atoms with Crippen molar-refractivity contribution in [2.24, 2.45) is 7.05 Å². The van der Waals surface area contributed by atoms with E-state index in [0.29, 0.717) is 0 Å². The average Bonchev–Trinajstić information content (AvgIpc) is 2.23. The Bertz CT molecular complexity index is 477. The zero-order valence-corrected chi connectivity index (χ0v) is 8.74. The van der Waals surface area contributed by atoms with E-state index < -0.39 is 0 Å². The van der Waals surface area contributed by atoms with Crippen molar-refractivity contribution in [2.45, 2.75) is 6.92 Å². The lowest BCUT2D eigenvalue weighted by atomic mass is 10.1. The number of aryl methyl sites for hydroxylation is 2. The molecule has 2 heteroatoms. The van der Waals surface area contributed by atoms with E-state index in [-0.39, 0.29) is 0 Å². The van der Waals surface area contributed by atoms with Gasteiger partial charge >= 0.3 is 0 Å². The van der Waals surface area contributed by atoms with E-state index in [9.17, 15) is 0 Å². The van der Waals surface area contributed by atoms with Gasteiger partial charge in [0.05, 0.1) is 12.5 Å². The van der Waals surface area contributed by atoms with Crippen LogP contribution < -0.4 is 9.30 Å². The summed E-state index contributed by atoms with van der Waals surface area (Å²) in [6.07, 6.45) is 2.07. The molecule has 0 saturated heterocycles. The summed E-state index contributed by atoms with van der Waals surface area (Å²) in [6, 6.07) is 8.26.